The Morgan fingerprint density at radius 3 is 2.30 bits per heavy atom. The fourth-order valence-corrected chi connectivity index (χ4v) is 5.23. The van der Waals surface area contributed by atoms with E-state index in [0.717, 1.165) is 65.5 Å². The first-order valence-corrected chi connectivity index (χ1v) is 13.2. The van der Waals surface area contributed by atoms with Crippen LogP contribution in [0, 0.1) is 0 Å². The molecule has 1 fully saturated rings. The number of hydrogen-bond acceptors (Lipinski definition) is 4. The zero-order valence-electron chi connectivity index (χ0n) is 20.1. The number of carbonyl (C=O) groups excluding carboxylic acids is 1. The third-order valence-electron chi connectivity index (χ3n) is 6.51. The summed E-state index contributed by atoms with van der Waals surface area (Å²) >= 11 is 18.3. The highest BCUT2D eigenvalue weighted by Crippen LogP contribution is 2.30. The molecule has 1 amide bonds. The topological polar surface area (TPSA) is 47.6 Å². The van der Waals surface area contributed by atoms with Crippen molar-refractivity contribution in [1.82, 2.24) is 10.2 Å². The van der Waals surface area contributed by atoms with Gasteiger partial charge in [-0.25, -0.2) is 0 Å². The third-order valence-corrected chi connectivity index (χ3v) is 7.38. The standard InChI is InChI=1S/C29H26Cl2N4OS/c30-25-8-4-3-7-23(25)19-34-13-15-35(16-14-34)27-12-11-24(18-26(27)31)32-29(37)33-28(36)22-10-9-20-5-1-2-6-21(20)17-22/h1-12,17-18H,13-16,19H2,(H2,32,33,36,37). The molecule has 37 heavy (non-hydrogen) atoms. The molecule has 0 bridgehead atoms. The summed E-state index contributed by atoms with van der Waals surface area (Å²) in [6.45, 7) is 4.43. The van der Waals surface area contributed by atoms with E-state index in [1.807, 2.05) is 72.8 Å². The minimum absolute atomic E-state index is 0.218. The van der Waals surface area contributed by atoms with Gasteiger partial charge in [0.2, 0.25) is 0 Å². The predicted molar refractivity (Wildman–Crippen MR) is 158 cm³/mol. The van der Waals surface area contributed by atoms with E-state index in [4.69, 9.17) is 35.4 Å². The van der Waals surface area contributed by atoms with Crippen molar-refractivity contribution in [2.45, 2.75) is 6.54 Å². The maximum Gasteiger partial charge on any atom is 0.257 e. The van der Waals surface area contributed by atoms with Crippen LogP contribution in [0.4, 0.5) is 11.4 Å². The summed E-state index contributed by atoms with van der Waals surface area (Å²) < 4.78 is 0. The quantitative estimate of drug-likeness (QED) is 0.275. The van der Waals surface area contributed by atoms with Crippen LogP contribution >= 0.6 is 35.4 Å². The average molecular weight is 550 g/mol. The lowest BCUT2D eigenvalue weighted by atomic mass is 10.1. The molecule has 0 radical (unpaired) electrons. The van der Waals surface area contributed by atoms with Crippen molar-refractivity contribution in [2.24, 2.45) is 0 Å². The Hall–Kier alpha value is -3.16. The summed E-state index contributed by atoms with van der Waals surface area (Å²) in [5.74, 6) is -0.263. The first-order valence-electron chi connectivity index (χ1n) is 12.1. The molecule has 1 heterocycles. The summed E-state index contributed by atoms with van der Waals surface area (Å²) in [6.07, 6.45) is 0. The molecule has 0 aromatic heterocycles. The van der Waals surface area contributed by atoms with Crippen molar-refractivity contribution in [2.75, 3.05) is 36.4 Å². The number of benzene rings is 4. The van der Waals surface area contributed by atoms with Gasteiger partial charge in [-0.15, -0.1) is 0 Å². The molecule has 5 rings (SSSR count). The fourth-order valence-electron chi connectivity index (χ4n) is 4.52. The van der Waals surface area contributed by atoms with E-state index in [-0.39, 0.29) is 11.0 Å². The normalized spacial score (nSPS) is 13.9. The monoisotopic (exact) mass is 548 g/mol. The van der Waals surface area contributed by atoms with Crippen molar-refractivity contribution < 1.29 is 4.79 Å². The molecule has 1 saturated heterocycles. The molecule has 188 valence electrons. The van der Waals surface area contributed by atoms with Crippen molar-refractivity contribution in [3.05, 3.63) is 106 Å². The number of halogens is 2. The van der Waals surface area contributed by atoms with E-state index in [2.05, 4.69) is 26.5 Å². The van der Waals surface area contributed by atoms with E-state index in [1.165, 1.54) is 0 Å². The number of hydrogen-bond donors (Lipinski definition) is 2. The molecule has 0 atom stereocenters. The van der Waals surface area contributed by atoms with Crippen LogP contribution in [0.25, 0.3) is 10.8 Å². The first-order chi connectivity index (χ1) is 18.0. The highest BCUT2D eigenvalue weighted by Gasteiger charge is 2.20. The molecule has 1 aliphatic rings. The molecule has 8 heteroatoms. The smallest absolute Gasteiger partial charge is 0.257 e. The highest BCUT2D eigenvalue weighted by molar-refractivity contribution is 7.80. The Morgan fingerprint density at radius 1 is 0.811 bits per heavy atom. The van der Waals surface area contributed by atoms with Gasteiger partial charge in [0.25, 0.3) is 5.91 Å². The van der Waals surface area contributed by atoms with Gasteiger partial charge >= 0.3 is 0 Å². The lowest BCUT2D eigenvalue weighted by Gasteiger charge is -2.36. The molecule has 4 aromatic rings. The number of rotatable bonds is 5. The second kappa shape index (κ2) is 11.5. The Kier molecular flexibility index (Phi) is 7.91. The van der Waals surface area contributed by atoms with Gasteiger partial charge in [0.1, 0.15) is 0 Å². The largest absolute Gasteiger partial charge is 0.368 e. The van der Waals surface area contributed by atoms with Crippen molar-refractivity contribution in [1.29, 1.82) is 0 Å². The Morgan fingerprint density at radius 2 is 1.54 bits per heavy atom. The maximum absolute atomic E-state index is 12.7. The number of fused-ring (bicyclic) bond motifs is 1. The first kappa shape index (κ1) is 25.5. The maximum atomic E-state index is 12.7. The zero-order valence-corrected chi connectivity index (χ0v) is 22.4. The summed E-state index contributed by atoms with van der Waals surface area (Å²) in [5.41, 5.74) is 3.39. The van der Waals surface area contributed by atoms with Crippen LogP contribution in [0.5, 0.6) is 0 Å². The van der Waals surface area contributed by atoms with Crippen LogP contribution in [-0.4, -0.2) is 42.1 Å². The van der Waals surface area contributed by atoms with Gasteiger partial charge in [-0.1, -0.05) is 71.7 Å². The Bertz CT molecular complexity index is 1450. The summed E-state index contributed by atoms with van der Waals surface area (Å²) in [4.78, 5) is 17.4. The molecule has 0 spiro atoms. The number of anilines is 2. The van der Waals surface area contributed by atoms with Crippen LogP contribution < -0.4 is 15.5 Å². The van der Waals surface area contributed by atoms with E-state index in [9.17, 15) is 4.79 Å². The van der Waals surface area contributed by atoms with Gasteiger partial charge < -0.3 is 10.2 Å². The van der Waals surface area contributed by atoms with Crippen LogP contribution in [0.3, 0.4) is 0 Å². The van der Waals surface area contributed by atoms with Gasteiger partial charge in [0, 0.05) is 49.0 Å². The molecular weight excluding hydrogens is 523 g/mol. The number of nitrogens with zero attached hydrogens (tertiary/aromatic N) is 2. The minimum Gasteiger partial charge on any atom is -0.368 e. The summed E-state index contributed by atoms with van der Waals surface area (Å²) in [5, 5.41) is 9.55. The van der Waals surface area contributed by atoms with Gasteiger partial charge in [0.05, 0.1) is 10.7 Å². The van der Waals surface area contributed by atoms with Crippen molar-refractivity contribution in [3.63, 3.8) is 0 Å². The number of nitrogens with one attached hydrogen (secondary N) is 2. The number of thiocarbonyl (C=S) groups is 1. The molecule has 0 aliphatic carbocycles. The number of amides is 1. The van der Waals surface area contributed by atoms with Crippen LogP contribution in [0.1, 0.15) is 15.9 Å². The number of carbonyl (C=O) groups is 1. The lowest BCUT2D eigenvalue weighted by Crippen LogP contribution is -2.46. The summed E-state index contributed by atoms with van der Waals surface area (Å²) in [7, 11) is 0. The van der Waals surface area contributed by atoms with Crippen molar-refractivity contribution in [3.8, 4) is 0 Å². The van der Waals surface area contributed by atoms with Crippen LogP contribution in [0.15, 0.2) is 84.9 Å². The Balaban J connectivity index is 1.16. The molecule has 0 saturated carbocycles. The second-order valence-corrected chi connectivity index (χ2v) is 10.2. The average Bonchev–Trinajstić information content (AvgIpc) is 2.90. The van der Waals surface area contributed by atoms with Gasteiger partial charge in [0.15, 0.2) is 5.11 Å². The molecule has 1 aliphatic heterocycles. The zero-order chi connectivity index (χ0) is 25.8. The lowest BCUT2D eigenvalue weighted by molar-refractivity contribution is 0.0978. The van der Waals surface area contributed by atoms with Crippen LogP contribution in [0.2, 0.25) is 10.0 Å². The molecule has 2 N–H and O–H groups in total. The van der Waals surface area contributed by atoms with E-state index < -0.39 is 0 Å². The van der Waals surface area contributed by atoms with Gasteiger partial charge in [-0.2, -0.15) is 0 Å². The van der Waals surface area contributed by atoms with Crippen LogP contribution in [-0.2, 0) is 6.54 Å². The Labute approximate surface area is 232 Å². The molecule has 0 unspecified atom stereocenters. The van der Waals surface area contributed by atoms with Gasteiger partial charge in [-0.05, 0) is 65.0 Å². The SMILES string of the molecule is O=C(NC(=S)Nc1ccc(N2CCN(Cc3ccccc3Cl)CC2)c(Cl)c1)c1ccc2ccccc2c1. The van der Waals surface area contributed by atoms with E-state index in [1.54, 1.807) is 6.07 Å². The minimum atomic E-state index is -0.263. The fraction of sp³-hybridized carbons (Fsp3) is 0.172. The van der Waals surface area contributed by atoms with E-state index in [0.29, 0.717) is 10.6 Å². The molecule has 4 aromatic carbocycles. The van der Waals surface area contributed by atoms with E-state index >= 15 is 0 Å². The predicted octanol–water partition coefficient (Wildman–Crippen LogP) is 6.60. The number of piperazine rings is 1. The van der Waals surface area contributed by atoms with Gasteiger partial charge in [-0.3, -0.25) is 15.0 Å². The molecular formula is C29H26Cl2N4OS. The third kappa shape index (κ3) is 6.22. The van der Waals surface area contributed by atoms with Crippen molar-refractivity contribution >= 4 is 68.6 Å². The summed E-state index contributed by atoms with van der Waals surface area (Å²) in [6, 6.07) is 27.2. The second-order valence-electron chi connectivity index (χ2n) is 8.99. The highest BCUT2D eigenvalue weighted by atomic mass is 35.5. The molecule has 5 nitrogen and oxygen atoms in total.